The normalized spacial score (nSPS) is 10.3. The van der Waals surface area contributed by atoms with Gasteiger partial charge in [-0.3, -0.25) is 10.1 Å². The number of nitrogens with zero attached hydrogens (tertiary/aromatic N) is 3. The number of carboxylic acids is 1. The Hall–Kier alpha value is -2.45. The van der Waals surface area contributed by atoms with Gasteiger partial charge in [-0.15, -0.1) is 5.10 Å². The largest absolute Gasteiger partial charge is 0.476 e. The molecule has 0 unspecified atom stereocenters. The number of imide groups is 1. The predicted octanol–water partition coefficient (Wildman–Crippen LogP) is -0.0177. The Labute approximate surface area is 108 Å². The Morgan fingerprint density at radius 2 is 2.05 bits per heavy atom. The fraction of sp³-hybridized carbons (Fsp3) is 0.500. The highest BCUT2D eigenvalue weighted by molar-refractivity contribution is 5.91. The van der Waals surface area contributed by atoms with E-state index in [0.717, 1.165) is 11.8 Å². The number of ether oxygens (including phenoxy) is 1. The van der Waals surface area contributed by atoms with Crippen molar-refractivity contribution in [1.29, 1.82) is 0 Å². The molecule has 1 aromatic heterocycles. The topological polar surface area (TPSA) is 123 Å². The molecule has 0 radical (unpaired) electrons. The monoisotopic (exact) mass is 270 g/mol. The molecule has 9 nitrogen and oxygen atoms in total. The number of amides is 2. The molecule has 0 aliphatic rings. The van der Waals surface area contributed by atoms with Gasteiger partial charge in [-0.2, -0.15) is 0 Å². The summed E-state index contributed by atoms with van der Waals surface area (Å²) >= 11 is 0. The van der Waals surface area contributed by atoms with E-state index < -0.39 is 18.0 Å². The molecule has 19 heavy (non-hydrogen) atoms. The number of methoxy groups -OCH3 is 1. The summed E-state index contributed by atoms with van der Waals surface area (Å²) in [6.07, 6.45) is -0.894. The Balaban J connectivity index is 2.93. The number of hydrogen-bond donors (Lipinski definition) is 2. The van der Waals surface area contributed by atoms with Crippen molar-refractivity contribution in [1.82, 2.24) is 20.3 Å². The number of nitrogens with one attached hydrogen (secondary N) is 1. The highest BCUT2D eigenvalue weighted by atomic mass is 16.5. The number of aromatic nitrogens is 3. The van der Waals surface area contributed by atoms with Gasteiger partial charge in [-0.25, -0.2) is 14.3 Å². The standard InChI is InChI=1S/C10H14N4O5/c1-5(2)8-7(9(16)17)12-13-14(8)4-6(15)11-10(18)19-3/h5H,4H2,1-3H3,(H,16,17)(H,11,15,18). The minimum atomic E-state index is -1.22. The van der Waals surface area contributed by atoms with Crippen LogP contribution in [0, 0.1) is 0 Å². The maximum absolute atomic E-state index is 11.5. The summed E-state index contributed by atoms with van der Waals surface area (Å²) in [7, 11) is 1.13. The smallest absolute Gasteiger partial charge is 0.413 e. The van der Waals surface area contributed by atoms with Crippen LogP contribution in [0.25, 0.3) is 0 Å². The van der Waals surface area contributed by atoms with Crippen LogP contribution >= 0.6 is 0 Å². The lowest BCUT2D eigenvalue weighted by atomic mass is 10.1. The first kappa shape index (κ1) is 14.6. The van der Waals surface area contributed by atoms with Gasteiger partial charge in [0.15, 0.2) is 5.69 Å². The summed E-state index contributed by atoms with van der Waals surface area (Å²) in [6.45, 7) is 3.18. The van der Waals surface area contributed by atoms with Gasteiger partial charge >= 0.3 is 12.1 Å². The quantitative estimate of drug-likeness (QED) is 0.788. The van der Waals surface area contributed by atoms with E-state index in [2.05, 4.69) is 15.0 Å². The molecule has 0 aromatic carbocycles. The van der Waals surface area contributed by atoms with E-state index in [-0.39, 0.29) is 18.2 Å². The fourth-order valence-electron chi connectivity index (χ4n) is 1.50. The van der Waals surface area contributed by atoms with Gasteiger partial charge in [0.2, 0.25) is 0 Å². The highest BCUT2D eigenvalue weighted by Gasteiger charge is 2.23. The Morgan fingerprint density at radius 1 is 1.42 bits per heavy atom. The van der Waals surface area contributed by atoms with Crippen LogP contribution in [0.15, 0.2) is 0 Å². The zero-order valence-corrected chi connectivity index (χ0v) is 10.7. The van der Waals surface area contributed by atoms with Crippen LogP contribution in [0.3, 0.4) is 0 Å². The van der Waals surface area contributed by atoms with Crippen LogP contribution in [0.1, 0.15) is 35.9 Å². The minimum Gasteiger partial charge on any atom is -0.476 e. The van der Waals surface area contributed by atoms with E-state index in [0.29, 0.717) is 5.69 Å². The van der Waals surface area contributed by atoms with Crippen LogP contribution in [-0.2, 0) is 16.1 Å². The first-order valence-electron chi connectivity index (χ1n) is 5.41. The van der Waals surface area contributed by atoms with E-state index in [1.807, 2.05) is 5.32 Å². The summed E-state index contributed by atoms with van der Waals surface area (Å²) in [5.41, 5.74) is 0.105. The Bertz CT molecular complexity index is 508. The first-order chi connectivity index (χ1) is 8.86. The number of hydrogen-bond acceptors (Lipinski definition) is 6. The molecule has 2 amide bonds. The lowest BCUT2D eigenvalue weighted by Gasteiger charge is -2.09. The van der Waals surface area contributed by atoms with E-state index in [1.165, 1.54) is 0 Å². The van der Waals surface area contributed by atoms with Crippen molar-refractivity contribution in [2.24, 2.45) is 0 Å². The summed E-state index contributed by atoms with van der Waals surface area (Å²) in [4.78, 5) is 33.3. The molecular formula is C10H14N4O5. The van der Waals surface area contributed by atoms with Crippen molar-refractivity contribution >= 4 is 18.0 Å². The maximum Gasteiger partial charge on any atom is 0.413 e. The van der Waals surface area contributed by atoms with Crippen molar-refractivity contribution in [3.63, 3.8) is 0 Å². The van der Waals surface area contributed by atoms with E-state index in [4.69, 9.17) is 5.11 Å². The van der Waals surface area contributed by atoms with E-state index in [9.17, 15) is 14.4 Å². The third-order valence-corrected chi connectivity index (χ3v) is 2.24. The van der Waals surface area contributed by atoms with Crippen molar-refractivity contribution in [3.05, 3.63) is 11.4 Å². The molecule has 1 rings (SSSR count). The SMILES string of the molecule is COC(=O)NC(=O)Cn1nnc(C(=O)O)c1C(C)C. The first-order valence-corrected chi connectivity index (χ1v) is 5.41. The molecule has 0 aliphatic carbocycles. The van der Waals surface area contributed by atoms with Crippen LogP contribution in [0.4, 0.5) is 4.79 Å². The number of aromatic carboxylic acids is 1. The fourth-order valence-corrected chi connectivity index (χ4v) is 1.50. The average molecular weight is 270 g/mol. The molecule has 9 heteroatoms. The lowest BCUT2D eigenvalue weighted by Crippen LogP contribution is -2.34. The predicted molar refractivity (Wildman–Crippen MR) is 61.6 cm³/mol. The Morgan fingerprint density at radius 3 is 2.53 bits per heavy atom. The molecule has 0 saturated carbocycles. The molecule has 1 aromatic rings. The molecule has 0 aliphatic heterocycles. The van der Waals surface area contributed by atoms with Crippen molar-refractivity contribution in [3.8, 4) is 0 Å². The lowest BCUT2D eigenvalue weighted by molar-refractivity contribution is -0.121. The second-order valence-electron chi connectivity index (χ2n) is 3.98. The summed E-state index contributed by atoms with van der Waals surface area (Å²) < 4.78 is 5.41. The molecule has 1 heterocycles. The number of carbonyl (C=O) groups excluding carboxylic acids is 2. The van der Waals surface area contributed by atoms with Crippen molar-refractivity contribution < 1.29 is 24.2 Å². The van der Waals surface area contributed by atoms with Gasteiger partial charge in [0, 0.05) is 0 Å². The van der Waals surface area contributed by atoms with Gasteiger partial charge in [0.05, 0.1) is 12.8 Å². The Kier molecular flexibility index (Phi) is 4.56. The van der Waals surface area contributed by atoms with E-state index >= 15 is 0 Å². The number of rotatable bonds is 4. The molecule has 104 valence electrons. The average Bonchev–Trinajstić information content (AvgIpc) is 2.72. The molecule has 2 N–H and O–H groups in total. The number of alkyl carbamates (subject to hydrolysis) is 1. The summed E-state index contributed by atoms with van der Waals surface area (Å²) in [5.74, 6) is -2.08. The van der Waals surface area contributed by atoms with Gasteiger partial charge in [-0.1, -0.05) is 19.1 Å². The zero-order valence-electron chi connectivity index (χ0n) is 10.7. The summed E-state index contributed by atoms with van der Waals surface area (Å²) in [5, 5.41) is 18.0. The van der Waals surface area contributed by atoms with E-state index in [1.54, 1.807) is 13.8 Å². The third-order valence-electron chi connectivity index (χ3n) is 2.24. The number of carbonyl (C=O) groups is 3. The second-order valence-corrected chi connectivity index (χ2v) is 3.98. The maximum atomic E-state index is 11.5. The van der Waals surface area contributed by atoms with Gasteiger partial charge in [0.25, 0.3) is 5.91 Å². The van der Waals surface area contributed by atoms with Crippen LogP contribution in [0.2, 0.25) is 0 Å². The molecule has 0 atom stereocenters. The second kappa shape index (κ2) is 5.94. The highest BCUT2D eigenvalue weighted by Crippen LogP contribution is 2.17. The molecule has 0 fully saturated rings. The van der Waals surface area contributed by atoms with Crippen molar-refractivity contribution in [2.45, 2.75) is 26.3 Å². The summed E-state index contributed by atoms with van der Waals surface area (Å²) in [6, 6.07) is 0. The van der Waals surface area contributed by atoms with Gasteiger partial charge < -0.3 is 9.84 Å². The molecule has 0 saturated heterocycles. The molecule has 0 spiro atoms. The van der Waals surface area contributed by atoms with Crippen LogP contribution in [0.5, 0.6) is 0 Å². The van der Waals surface area contributed by atoms with Gasteiger partial charge in [-0.05, 0) is 5.92 Å². The van der Waals surface area contributed by atoms with Gasteiger partial charge in [0.1, 0.15) is 6.54 Å². The molecular weight excluding hydrogens is 256 g/mol. The molecule has 0 bridgehead atoms. The van der Waals surface area contributed by atoms with Crippen LogP contribution < -0.4 is 5.32 Å². The number of carboxylic acid groups (broad SMARTS) is 1. The minimum absolute atomic E-state index is 0.188. The van der Waals surface area contributed by atoms with Crippen LogP contribution in [-0.4, -0.2) is 45.2 Å². The third kappa shape index (κ3) is 3.50. The zero-order chi connectivity index (χ0) is 14.6. The van der Waals surface area contributed by atoms with Crippen molar-refractivity contribution in [2.75, 3.05) is 7.11 Å².